The van der Waals surface area contributed by atoms with Crippen molar-refractivity contribution in [2.24, 2.45) is 0 Å². The Hall–Kier alpha value is -2.04. The number of nitrogens with zero attached hydrogens (tertiary/aromatic N) is 2. The second kappa shape index (κ2) is 8.56. The maximum absolute atomic E-state index is 10.5. The van der Waals surface area contributed by atoms with Crippen molar-refractivity contribution in [1.29, 1.82) is 0 Å². The molecule has 0 spiro atoms. The molecule has 0 bridgehead atoms. The lowest BCUT2D eigenvalue weighted by Crippen LogP contribution is -2.24. The minimum absolute atomic E-state index is 0. The number of hydrogen-bond acceptors (Lipinski definition) is 3. The number of aryl methyl sites for hydroxylation is 2. The number of ether oxygens (including phenoxy) is 1. The van der Waals surface area contributed by atoms with Gasteiger partial charge in [0.1, 0.15) is 24.3 Å². The predicted octanol–water partition coefficient (Wildman–Crippen LogP) is 4.64. The molecule has 1 N–H and O–H groups in total. The SMILES string of the molecule is Cc1ccc(OCC(O)Cn2c(C(C)C)nc3ccccc32)cc1C.Cl. The number of hydrogen-bond donors (Lipinski definition) is 1. The summed E-state index contributed by atoms with van der Waals surface area (Å²) in [6, 6.07) is 14.0. The molecular formula is C21H27ClN2O2. The van der Waals surface area contributed by atoms with Gasteiger partial charge in [-0.05, 0) is 49.2 Å². The van der Waals surface area contributed by atoms with Crippen LogP contribution in [0.5, 0.6) is 5.75 Å². The number of fused-ring (bicyclic) bond motifs is 1. The van der Waals surface area contributed by atoms with Gasteiger partial charge in [-0.25, -0.2) is 4.98 Å². The molecule has 1 aromatic heterocycles. The van der Waals surface area contributed by atoms with Gasteiger partial charge in [0.15, 0.2) is 0 Å². The molecule has 26 heavy (non-hydrogen) atoms. The molecule has 0 radical (unpaired) electrons. The first-order chi connectivity index (χ1) is 12.0. The van der Waals surface area contributed by atoms with Crippen LogP contribution in [0.4, 0.5) is 0 Å². The maximum Gasteiger partial charge on any atom is 0.119 e. The first-order valence-corrected chi connectivity index (χ1v) is 8.79. The van der Waals surface area contributed by atoms with Gasteiger partial charge < -0.3 is 14.4 Å². The highest BCUT2D eigenvalue weighted by atomic mass is 35.5. The molecule has 1 unspecified atom stereocenters. The fourth-order valence-electron chi connectivity index (χ4n) is 2.99. The normalized spacial score (nSPS) is 12.2. The molecule has 4 nitrogen and oxygen atoms in total. The smallest absolute Gasteiger partial charge is 0.119 e. The molecule has 0 fully saturated rings. The highest BCUT2D eigenvalue weighted by Gasteiger charge is 2.16. The largest absolute Gasteiger partial charge is 0.491 e. The Labute approximate surface area is 161 Å². The van der Waals surface area contributed by atoms with Crippen LogP contribution >= 0.6 is 12.4 Å². The fraction of sp³-hybridized carbons (Fsp3) is 0.381. The molecule has 0 saturated carbocycles. The van der Waals surface area contributed by atoms with Crippen LogP contribution in [0.2, 0.25) is 0 Å². The van der Waals surface area contributed by atoms with Crippen LogP contribution in [-0.2, 0) is 6.54 Å². The summed E-state index contributed by atoms with van der Waals surface area (Å²) in [7, 11) is 0. The number of para-hydroxylation sites is 2. The van der Waals surface area contributed by atoms with Gasteiger partial charge in [-0.1, -0.05) is 32.0 Å². The predicted molar refractivity (Wildman–Crippen MR) is 108 cm³/mol. The third-order valence-electron chi connectivity index (χ3n) is 4.51. The standard InChI is InChI=1S/C21H26N2O2.ClH/c1-14(2)21-22-19-7-5-6-8-20(19)23(21)12-17(24)13-25-18-10-9-15(3)16(4)11-18;/h5-11,14,17,24H,12-13H2,1-4H3;1H. The summed E-state index contributed by atoms with van der Waals surface area (Å²) < 4.78 is 7.89. The molecule has 0 aliphatic heterocycles. The molecule has 0 aliphatic carbocycles. The van der Waals surface area contributed by atoms with Crippen LogP contribution in [-0.4, -0.2) is 27.4 Å². The second-order valence-electron chi connectivity index (χ2n) is 6.93. The fourth-order valence-corrected chi connectivity index (χ4v) is 2.99. The van der Waals surface area contributed by atoms with Gasteiger partial charge in [0.05, 0.1) is 17.6 Å². The van der Waals surface area contributed by atoms with Crippen LogP contribution in [0.25, 0.3) is 11.0 Å². The first-order valence-electron chi connectivity index (χ1n) is 8.79. The third kappa shape index (κ3) is 4.37. The van der Waals surface area contributed by atoms with E-state index >= 15 is 0 Å². The summed E-state index contributed by atoms with van der Waals surface area (Å²) in [6.45, 7) is 9.10. The molecular weight excluding hydrogens is 348 g/mol. The topological polar surface area (TPSA) is 47.3 Å². The molecule has 0 aliphatic rings. The molecule has 3 aromatic rings. The highest BCUT2D eigenvalue weighted by molar-refractivity contribution is 5.85. The Kier molecular flexibility index (Phi) is 6.68. The summed E-state index contributed by atoms with van der Waals surface area (Å²) in [5, 5.41) is 10.5. The zero-order valence-corrected chi connectivity index (χ0v) is 16.6. The molecule has 0 saturated heterocycles. The van der Waals surface area contributed by atoms with Crippen LogP contribution in [0.1, 0.15) is 36.7 Å². The number of halogens is 1. The zero-order chi connectivity index (χ0) is 18.0. The van der Waals surface area contributed by atoms with Gasteiger partial charge in [-0.3, -0.25) is 0 Å². The molecule has 1 heterocycles. The summed E-state index contributed by atoms with van der Waals surface area (Å²) >= 11 is 0. The van der Waals surface area contributed by atoms with E-state index in [2.05, 4.69) is 32.3 Å². The second-order valence-corrected chi connectivity index (χ2v) is 6.93. The summed E-state index contributed by atoms with van der Waals surface area (Å²) in [5.41, 5.74) is 4.44. The van der Waals surface area contributed by atoms with E-state index < -0.39 is 6.10 Å². The van der Waals surface area contributed by atoms with E-state index in [4.69, 9.17) is 9.72 Å². The molecule has 0 amide bonds. The van der Waals surface area contributed by atoms with Crippen molar-refractivity contribution in [3.8, 4) is 5.75 Å². The molecule has 5 heteroatoms. The number of benzene rings is 2. The van der Waals surface area contributed by atoms with Crippen molar-refractivity contribution >= 4 is 23.4 Å². The summed E-state index contributed by atoms with van der Waals surface area (Å²) in [5.74, 6) is 2.08. The van der Waals surface area contributed by atoms with Crippen molar-refractivity contribution < 1.29 is 9.84 Å². The molecule has 140 valence electrons. The minimum Gasteiger partial charge on any atom is -0.491 e. The van der Waals surface area contributed by atoms with E-state index in [-0.39, 0.29) is 19.0 Å². The van der Waals surface area contributed by atoms with E-state index in [1.165, 1.54) is 11.1 Å². The Bertz CT molecular complexity index is 874. The Morgan fingerprint density at radius 2 is 1.81 bits per heavy atom. The Balaban J connectivity index is 0.00000243. The first kappa shape index (κ1) is 20.3. The molecule has 3 rings (SSSR count). The van der Waals surface area contributed by atoms with Crippen LogP contribution in [0, 0.1) is 13.8 Å². The number of aliphatic hydroxyl groups excluding tert-OH is 1. The van der Waals surface area contributed by atoms with Gasteiger partial charge in [0.2, 0.25) is 0 Å². The monoisotopic (exact) mass is 374 g/mol. The van der Waals surface area contributed by atoms with E-state index in [9.17, 15) is 5.11 Å². The summed E-state index contributed by atoms with van der Waals surface area (Å²) in [4.78, 5) is 4.72. The average molecular weight is 375 g/mol. The third-order valence-corrected chi connectivity index (χ3v) is 4.51. The Morgan fingerprint density at radius 3 is 2.50 bits per heavy atom. The van der Waals surface area contributed by atoms with Crippen molar-refractivity contribution in [3.05, 3.63) is 59.4 Å². The lowest BCUT2D eigenvalue weighted by atomic mass is 10.1. The van der Waals surface area contributed by atoms with Crippen LogP contribution in [0.15, 0.2) is 42.5 Å². The summed E-state index contributed by atoms with van der Waals surface area (Å²) in [6.07, 6.45) is -0.600. The van der Waals surface area contributed by atoms with Crippen LogP contribution < -0.4 is 4.74 Å². The van der Waals surface area contributed by atoms with E-state index in [0.29, 0.717) is 12.5 Å². The minimum atomic E-state index is -0.600. The van der Waals surface area contributed by atoms with E-state index in [0.717, 1.165) is 22.6 Å². The maximum atomic E-state index is 10.5. The zero-order valence-electron chi connectivity index (χ0n) is 15.8. The highest BCUT2D eigenvalue weighted by Crippen LogP contribution is 2.22. The number of aromatic nitrogens is 2. The molecule has 2 aromatic carbocycles. The quantitative estimate of drug-likeness (QED) is 0.683. The van der Waals surface area contributed by atoms with Gasteiger partial charge in [0.25, 0.3) is 0 Å². The number of rotatable bonds is 6. The van der Waals surface area contributed by atoms with Crippen LogP contribution in [0.3, 0.4) is 0 Å². The van der Waals surface area contributed by atoms with Crippen molar-refractivity contribution in [3.63, 3.8) is 0 Å². The van der Waals surface area contributed by atoms with E-state index in [1.54, 1.807) is 0 Å². The van der Waals surface area contributed by atoms with E-state index in [1.807, 2.05) is 42.5 Å². The average Bonchev–Trinajstić information content (AvgIpc) is 2.95. The Morgan fingerprint density at radius 1 is 1.08 bits per heavy atom. The van der Waals surface area contributed by atoms with Crippen molar-refractivity contribution in [1.82, 2.24) is 9.55 Å². The van der Waals surface area contributed by atoms with Gasteiger partial charge in [0, 0.05) is 5.92 Å². The van der Waals surface area contributed by atoms with Crippen molar-refractivity contribution in [2.45, 2.75) is 46.3 Å². The van der Waals surface area contributed by atoms with Gasteiger partial charge in [-0.2, -0.15) is 0 Å². The van der Waals surface area contributed by atoms with Crippen molar-refractivity contribution in [2.75, 3.05) is 6.61 Å². The van der Waals surface area contributed by atoms with Gasteiger partial charge in [-0.15, -0.1) is 12.4 Å². The lowest BCUT2D eigenvalue weighted by Gasteiger charge is -2.17. The lowest BCUT2D eigenvalue weighted by molar-refractivity contribution is 0.0925. The number of imidazole rings is 1. The molecule has 1 atom stereocenters. The number of aliphatic hydroxyl groups is 1. The van der Waals surface area contributed by atoms with Gasteiger partial charge >= 0.3 is 0 Å².